The van der Waals surface area contributed by atoms with E-state index in [2.05, 4.69) is 5.32 Å². The first-order valence-electron chi connectivity index (χ1n) is 6.39. The van der Waals surface area contributed by atoms with Gasteiger partial charge in [-0.2, -0.15) is 0 Å². The van der Waals surface area contributed by atoms with E-state index in [-0.39, 0.29) is 18.1 Å². The van der Waals surface area contributed by atoms with E-state index in [9.17, 15) is 9.59 Å². The largest absolute Gasteiger partial charge is 0.481 e. The van der Waals surface area contributed by atoms with Gasteiger partial charge in [0.1, 0.15) is 0 Å². The van der Waals surface area contributed by atoms with Crippen molar-refractivity contribution < 1.29 is 19.4 Å². The van der Waals surface area contributed by atoms with Gasteiger partial charge >= 0.3 is 5.97 Å². The third-order valence-electron chi connectivity index (χ3n) is 3.80. The van der Waals surface area contributed by atoms with Crippen LogP contribution in [0.1, 0.15) is 19.3 Å². The Morgan fingerprint density at radius 3 is 2.83 bits per heavy atom. The summed E-state index contributed by atoms with van der Waals surface area (Å²) in [6.07, 6.45) is 2.18. The van der Waals surface area contributed by atoms with Crippen LogP contribution in [0.5, 0.6) is 0 Å². The van der Waals surface area contributed by atoms with Crippen LogP contribution in [0.15, 0.2) is 0 Å². The summed E-state index contributed by atoms with van der Waals surface area (Å²) in [6, 6.07) is -0.220. The van der Waals surface area contributed by atoms with Crippen molar-refractivity contribution >= 4 is 11.9 Å². The third-order valence-corrected chi connectivity index (χ3v) is 3.80. The Labute approximate surface area is 106 Å². The standard InChI is InChI=1S/C12H20N2O4/c1-18-9-5-10(13-6-9)11(15)14-4-2-3-8(7-14)12(16)17/h8-10,13H,2-7H2,1H3,(H,16,17)/t8-,9?,10?/m0/s1. The molecule has 2 aliphatic rings. The zero-order valence-electron chi connectivity index (χ0n) is 10.6. The molecule has 1 amide bonds. The van der Waals surface area contributed by atoms with Crippen LogP contribution in [0.4, 0.5) is 0 Å². The normalized spacial score (nSPS) is 32.5. The van der Waals surface area contributed by atoms with E-state index >= 15 is 0 Å². The number of carboxylic acid groups (broad SMARTS) is 1. The molecular weight excluding hydrogens is 236 g/mol. The fraction of sp³-hybridized carbons (Fsp3) is 0.833. The van der Waals surface area contributed by atoms with Gasteiger partial charge in [-0.1, -0.05) is 0 Å². The molecule has 0 aromatic rings. The average molecular weight is 256 g/mol. The number of carboxylic acids is 1. The van der Waals surface area contributed by atoms with Crippen LogP contribution < -0.4 is 5.32 Å². The van der Waals surface area contributed by atoms with Gasteiger partial charge < -0.3 is 20.1 Å². The van der Waals surface area contributed by atoms with E-state index in [1.807, 2.05) is 0 Å². The summed E-state index contributed by atoms with van der Waals surface area (Å²) in [4.78, 5) is 24.9. The lowest BCUT2D eigenvalue weighted by Crippen LogP contribution is -2.49. The molecule has 2 heterocycles. The Balaban J connectivity index is 1.91. The van der Waals surface area contributed by atoms with Crippen LogP contribution in [0.2, 0.25) is 0 Å². The molecule has 2 N–H and O–H groups in total. The highest BCUT2D eigenvalue weighted by molar-refractivity contribution is 5.83. The van der Waals surface area contributed by atoms with Gasteiger partial charge in [-0.25, -0.2) is 0 Å². The number of nitrogens with one attached hydrogen (secondary N) is 1. The highest BCUT2D eigenvalue weighted by Gasteiger charge is 2.35. The van der Waals surface area contributed by atoms with Crippen molar-refractivity contribution in [2.45, 2.75) is 31.4 Å². The number of methoxy groups -OCH3 is 1. The molecule has 2 saturated heterocycles. The zero-order chi connectivity index (χ0) is 13.1. The number of nitrogens with zero attached hydrogens (tertiary/aromatic N) is 1. The molecule has 0 radical (unpaired) electrons. The van der Waals surface area contributed by atoms with Gasteiger partial charge in [-0.3, -0.25) is 9.59 Å². The van der Waals surface area contributed by atoms with Crippen molar-refractivity contribution in [2.24, 2.45) is 5.92 Å². The third kappa shape index (κ3) is 2.81. The molecule has 2 unspecified atom stereocenters. The summed E-state index contributed by atoms with van der Waals surface area (Å²) in [5, 5.41) is 12.1. The van der Waals surface area contributed by atoms with Gasteiger partial charge in [0, 0.05) is 26.7 Å². The fourth-order valence-corrected chi connectivity index (χ4v) is 2.67. The quantitative estimate of drug-likeness (QED) is 0.724. The number of rotatable bonds is 3. The van der Waals surface area contributed by atoms with Crippen LogP contribution >= 0.6 is 0 Å². The Kier molecular flexibility index (Phi) is 4.19. The maximum Gasteiger partial charge on any atom is 0.308 e. The van der Waals surface area contributed by atoms with Gasteiger partial charge in [-0.15, -0.1) is 0 Å². The van der Waals surface area contributed by atoms with Crippen LogP contribution in [0.25, 0.3) is 0 Å². The molecule has 2 rings (SSSR count). The topological polar surface area (TPSA) is 78.9 Å². The van der Waals surface area contributed by atoms with E-state index in [1.165, 1.54) is 0 Å². The minimum Gasteiger partial charge on any atom is -0.481 e. The number of aliphatic carboxylic acids is 1. The molecule has 0 aromatic heterocycles. The van der Waals surface area contributed by atoms with Crippen LogP contribution in [0.3, 0.4) is 0 Å². The molecule has 0 bridgehead atoms. The second-order valence-electron chi connectivity index (χ2n) is 5.02. The minimum absolute atomic E-state index is 0.0144. The molecule has 0 aliphatic carbocycles. The number of carbonyl (C=O) groups is 2. The number of hydrogen-bond donors (Lipinski definition) is 2. The lowest BCUT2D eigenvalue weighted by molar-refractivity contribution is -0.146. The van der Waals surface area contributed by atoms with Crippen LogP contribution in [-0.2, 0) is 14.3 Å². The number of likely N-dealkylation sites (tertiary alicyclic amines) is 1. The van der Waals surface area contributed by atoms with E-state index in [0.717, 1.165) is 6.42 Å². The predicted octanol–water partition coefficient (Wildman–Crippen LogP) is -0.313. The monoisotopic (exact) mass is 256 g/mol. The number of ether oxygens (including phenoxy) is 1. The molecule has 6 heteroatoms. The van der Waals surface area contributed by atoms with Crippen molar-refractivity contribution in [3.8, 4) is 0 Å². The Hall–Kier alpha value is -1.14. The maximum absolute atomic E-state index is 12.2. The van der Waals surface area contributed by atoms with Crippen LogP contribution in [0, 0.1) is 5.92 Å². The first-order chi connectivity index (χ1) is 8.61. The highest BCUT2D eigenvalue weighted by atomic mass is 16.5. The van der Waals surface area contributed by atoms with E-state index < -0.39 is 11.9 Å². The lowest BCUT2D eigenvalue weighted by Gasteiger charge is -2.32. The first-order valence-corrected chi connectivity index (χ1v) is 6.39. The lowest BCUT2D eigenvalue weighted by atomic mass is 9.97. The van der Waals surface area contributed by atoms with Gasteiger partial charge in [0.2, 0.25) is 5.91 Å². The highest BCUT2D eigenvalue weighted by Crippen LogP contribution is 2.19. The maximum atomic E-state index is 12.2. The number of piperidine rings is 1. The zero-order valence-corrected chi connectivity index (χ0v) is 10.6. The second kappa shape index (κ2) is 5.67. The number of carbonyl (C=O) groups excluding carboxylic acids is 1. The van der Waals surface area contributed by atoms with Gasteiger partial charge in [0.05, 0.1) is 18.1 Å². The molecule has 6 nitrogen and oxygen atoms in total. The van der Waals surface area contributed by atoms with E-state index in [1.54, 1.807) is 12.0 Å². The van der Waals surface area contributed by atoms with Crippen molar-refractivity contribution in [1.29, 1.82) is 0 Å². The molecule has 102 valence electrons. The summed E-state index contributed by atoms with van der Waals surface area (Å²) in [7, 11) is 1.64. The Bertz CT molecular complexity index is 334. The smallest absolute Gasteiger partial charge is 0.308 e. The molecule has 0 aromatic carbocycles. The van der Waals surface area contributed by atoms with Crippen molar-refractivity contribution in [2.75, 3.05) is 26.7 Å². The molecule has 0 saturated carbocycles. The fourth-order valence-electron chi connectivity index (χ4n) is 2.67. The summed E-state index contributed by atoms with van der Waals surface area (Å²) < 4.78 is 5.21. The van der Waals surface area contributed by atoms with Crippen LogP contribution in [-0.4, -0.2) is 60.8 Å². The van der Waals surface area contributed by atoms with Crippen molar-refractivity contribution in [1.82, 2.24) is 10.2 Å². The van der Waals surface area contributed by atoms with E-state index in [4.69, 9.17) is 9.84 Å². The summed E-state index contributed by atoms with van der Waals surface area (Å²) >= 11 is 0. The SMILES string of the molecule is COC1CNC(C(=O)N2CCC[C@H](C(=O)O)C2)C1. The molecular formula is C12H20N2O4. The Morgan fingerprint density at radius 2 is 2.22 bits per heavy atom. The average Bonchev–Trinajstić information content (AvgIpc) is 2.86. The van der Waals surface area contributed by atoms with Crippen molar-refractivity contribution in [3.05, 3.63) is 0 Å². The molecule has 2 aliphatic heterocycles. The molecule has 0 spiro atoms. The van der Waals surface area contributed by atoms with Gasteiger partial charge in [0.15, 0.2) is 0 Å². The van der Waals surface area contributed by atoms with Gasteiger partial charge in [-0.05, 0) is 19.3 Å². The number of amides is 1. The molecule has 2 fully saturated rings. The van der Waals surface area contributed by atoms with Crippen molar-refractivity contribution in [3.63, 3.8) is 0 Å². The van der Waals surface area contributed by atoms with E-state index in [0.29, 0.717) is 32.5 Å². The number of hydrogen-bond acceptors (Lipinski definition) is 4. The van der Waals surface area contributed by atoms with Gasteiger partial charge in [0.25, 0.3) is 0 Å². The predicted molar refractivity (Wildman–Crippen MR) is 64.1 cm³/mol. The second-order valence-corrected chi connectivity index (χ2v) is 5.02. The molecule has 18 heavy (non-hydrogen) atoms. The summed E-state index contributed by atoms with van der Waals surface area (Å²) in [6.45, 7) is 1.69. The minimum atomic E-state index is -0.804. The first kappa shape index (κ1) is 13.3. The Morgan fingerprint density at radius 1 is 1.44 bits per heavy atom. The molecule has 3 atom stereocenters. The summed E-state index contributed by atoms with van der Waals surface area (Å²) in [5.41, 5.74) is 0. The summed E-state index contributed by atoms with van der Waals surface area (Å²) in [5.74, 6) is -1.20.